The molecule has 0 heterocycles. The third kappa shape index (κ3) is 3.00. The lowest BCUT2D eigenvalue weighted by Gasteiger charge is -2.62. The van der Waals surface area contributed by atoms with Gasteiger partial charge in [-0.1, -0.05) is 53.1 Å². The molecule has 0 radical (unpaired) electrons. The van der Waals surface area contributed by atoms with E-state index in [9.17, 15) is 0 Å². The van der Waals surface area contributed by atoms with Crippen LogP contribution in [0.4, 0.5) is 4.11 Å². The molecule has 0 N–H and O–H groups in total. The van der Waals surface area contributed by atoms with E-state index < -0.39 is 31.9 Å². The second-order valence-corrected chi connectivity index (χ2v) is 31.9. The van der Waals surface area contributed by atoms with Gasteiger partial charge in [0.15, 0.2) is 7.38 Å². The largest absolute Gasteiger partial charge is 0.315 e. The Morgan fingerprint density at radius 3 is 1.11 bits per heavy atom. The quantitative estimate of drug-likeness (QED) is 0.380. The molecule has 0 saturated heterocycles. The van der Waals surface area contributed by atoms with Gasteiger partial charge in [-0.15, -0.1) is 0 Å². The molecule has 0 aliphatic carbocycles. The third-order valence-corrected chi connectivity index (χ3v) is 41.8. The molecule has 0 amide bonds. The Labute approximate surface area is 129 Å². The minimum absolute atomic E-state index is 0.0783. The first-order valence-electron chi connectivity index (χ1n) is 7.50. The Balaban J connectivity index is 6.61. The second-order valence-electron chi connectivity index (χ2n) is 8.39. The molecule has 0 rings (SSSR count). The van der Waals surface area contributed by atoms with Crippen LogP contribution in [-0.4, -0.2) is 31.9 Å². The van der Waals surface area contributed by atoms with Crippen molar-refractivity contribution in [2.75, 3.05) is 0 Å². The van der Waals surface area contributed by atoms with Gasteiger partial charge in [0.2, 0.25) is 8.41 Å². The van der Waals surface area contributed by atoms with Crippen molar-refractivity contribution >= 4 is 43.0 Å². The van der Waals surface area contributed by atoms with Crippen LogP contribution in [0.25, 0.3) is 0 Å². The lowest BCUT2D eigenvalue weighted by atomic mass is 10.9. The molecule has 0 unspecified atom stereocenters. The average molecular weight is 357 g/mol. The number of hydrogen-bond acceptors (Lipinski definition) is 0. The molecule has 0 saturated carbocycles. The first kappa shape index (κ1) is 20.1. The van der Waals surface area contributed by atoms with E-state index in [2.05, 4.69) is 53.1 Å². The highest BCUT2D eigenvalue weighted by atomic mass is 35.6. The van der Waals surface area contributed by atoms with Crippen molar-refractivity contribution in [1.29, 1.82) is 0 Å². The minimum atomic E-state index is -2.83. The van der Waals surface area contributed by atoms with Crippen LogP contribution in [0.5, 0.6) is 0 Å². The summed E-state index contributed by atoms with van der Waals surface area (Å²) in [6.45, 7) is 22.5. The van der Waals surface area contributed by atoms with E-state index in [1.54, 1.807) is 0 Å². The van der Waals surface area contributed by atoms with E-state index in [0.29, 0.717) is 0 Å². The predicted octanol–water partition coefficient (Wildman–Crippen LogP) is 6.42. The summed E-state index contributed by atoms with van der Waals surface area (Å²) >= 11 is 7.29. The summed E-state index contributed by atoms with van der Waals surface area (Å²) in [5, 5.41) is 0. The highest BCUT2D eigenvalue weighted by Crippen LogP contribution is 2.63. The molecule has 0 bridgehead atoms. The number of rotatable bonds is 6. The van der Waals surface area contributed by atoms with Gasteiger partial charge in [-0.2, -0.15) is 11.1 Å². The standard InChI is InChI=1S/C13H34ClFSi4/c1-11-19(14,12-2)13(16(3,4)5,17(6,7)8)18(9,10)15/h11-12H2,1-10H3. The normalized spacial score (nSPS) is 15.8. The maximum Gasteiger partial charge on any atom is 0.240 e. The predicted molar refractivity (Wildman–Crippen MR) is 101 cm³/mol. The van der Waals surface area contributed by atoms with Gasteiger partial charge < -0.3 is 4.11 Å². The van der Waals surface area contributed by atoms with Crippen molar-refractivity contribution in [2.45, 2.75) is 82.2 Å². The Morgan fingerprint density at radius 1 is 0.789 bits per heavy atom. The van der Waals surface area contributed by atoms with E-state index in [4.69, 9.17) is 11.1 Å². The smallest absolute Gasteiger partial charge is 0.240 e. The summed E-state index contributed by atoms with van der Waals surface area (Å²) < 4.78 is 15.7. The summed E-state index contributed by atoms with van der Waals surface area (Å²) in [6.07, 6.45) is 0. The molecule has 0 aromatic carbocycles. The van der Waals surface area contributed by atoms with Crippen LogP contribution in [0.1, 0.15) is 13.8 Å². The van der Waals surface area contributed by atoms with Crippen LogP contribution < -0.4 is 0 Å². The van der Waals surface area contributed by atoms with Gasteiger partial charge in [0.25, 0.3) is 0 Å². The van der Waals surface area contributed by atoms with Gasteiger partial charge in [-0.25, -0.2) is 0 Å². The van der Waals surface area contributed by atoms with Crippen LogP contribution in [0.15, 0.2) is 0 Å². The molecule has 19 heavy (non-hydrogen) atoms. The SMILES string of the molecule is CC[Si](Cl)(CC)C([Si](C)(C)C)([Si](C)(C)C)[Si](C)(C)F. The summed E-state index contributed by atoms with van der Waals surface area (Å²) in [5.74, 6) is 0. The van der Waals surface area contributed by atoms with E-state index >= 15 is 4.11 Å². The van der Waals surface area contributed by atoms with E-state index in [1.807, 2.05) is 13.1 Å². The van der Waals surface area contributed by atoms with Gasteiger partial charge in [0.1, 0.15) is 0 Å². The molecule has 6 heteroatoms. The zero-order chi connectivity index (χ0) is 15.9. The highest BCUT2D eigenvalue weighted by Gasteiger charge is 2.72. The van der Waals surface area contributed by atoms with Crippen LogP contribution in [-0.2, 0) is 0 Å². The molecule has 0 aliphatic rings. The average Bonchev–Trinajstić information content (AvgIpc) is 2.10. The second kappa shape index (κ2) is 5.70. The Kier molecular flexibility index (Phi) is 6.03. The molecular weight excluding hydrogens is 323 g/mol. The maximum atomic E-state index is 15.7. The zero-order valence-corrected chi connectivity index (χ0v) is 19.4. The lowest BCUT2D eigenvalue weighted by molar-refractivity contribution is 0.773. The first-order valence-corrected chi connectivity index (χ1v) is 20.8. The fourth-order valence-corrected chi connectivity index (χ4v) is 55.7. The van der Waals surface area contributed by atoms with Crippen molar-refractivity contribution in [3.8, 4) is 0 Å². The summed E-state index contributed by atoms with van der Waals surface area (Å²) in [7, 11) is -8.35. The van der Waals surface area contributed by atoms with Crippen molar-refractivity contribution in [2.24, 2.45) is 0 Å². The van der Waals surface area contributed by atoms with Crippen LogP contribution in [0.3, 0.4) is 0 Å². The molecule has 0 aromatic heterocycles. The fraction of sp³-hybridized carbons (Fsp3) is 1.00. The van der Waals surface area contributed by atoms with Gasteiger partial charge >= 0.3 is 0 Å². The third-order valence-electron chi connectivity index (χ3n) is 4.93. The van der Waals surface area contributed by atoms with E-state index in [1.165, 1.54) is 0 Å². The molecule has 0 aromatic rings. The monoisotopic (exact) mass is 356 g/mol. The fourth-order valence-electron chi connectivity index (χ4n) is 5.57. The first-order chi connectivity index (χ1) is 8.12. The van der Waals surface area contributed by atoms with Gasteiger partial charge in [0.05, 0.1) is 0 Å². The van der Waals surface area contributed by atoms with Gasteiger partial charge in [0, 0.05) is 16.1 Å². The number of halogens is 2. The van der Waals surface area contributed by atoms with Crippen molar-refractivity contribution in [1.82, 2.24) is 0 Å². The molecule has 0 atom stereocenters. The van der Waals surface area contributed by atoms with Crippen LogP contribution in [0.2, 0.25) is 68.4 Å². The van der Waals surface area contributed by atoms with Crippen molar-refractivity contribution in [3.05, 3.63) is 0 Å². The molecule has 116 valence electrons. The van der Waals surface area contributed by atoms with Crippen molar-refractivity contribution < 1.29 is 4.11 Å². The molecular formula is C13H34ClFSi4. The summed E-state index contributed by atoms with van der Waals surface area (Å²) in [4.78, 5) is 0. The number of hydrogen-bond donors (Lipinski definition) is 0. The van der Waals surface area contributed by atoms with Crippen molar-refractivity contribution in [3.63, 3.8) is 0 Å². The Bertz CT molecular complexity index is 272. The van der Waals surface area contributed by atoms with Gasteiger partial charge in [-0.05, 0) is 29.1 Å². The molecule has 0 nitrogen and oxygen atoms in total. The Hall–Kier alpha value is 1.09. The Morgan fingerprint density at radius 2 is 1.05 bits per heavy atom. The van der Waals surface area contributed by atoms with Crippen LogP contribution >= 0.6 is 11.1 Å². The highest BCUT2D eigenvalue weighted by molar-refractivity contribution is 7.41. The van der Waals surface area contributed by atoms with Gasteiger partial charge in [-0.3, -0.25) is 0 Å². The molecule has 0 fully saturated rings. The van der Waals surface area contributed by atoms with E-state index in [-0.39, 0.29) is 3.91 Å². The molecule has 0 spiro atoms. The lowest BCUT2D eigenvalue weighted by Crippen LogP contribution is -2.75. The minimum Gasteiger partial charge on any atom is -0.315 e. The summed E-state index contributed by atoms with van der Waals surface area (Å²) in [6, 6.07) is 2.03. The molecule has 0 aliphatic heterocycles. The topological polar surface area (TPSA) is 0 Å². The summed E-state index contributed by atoms with van der Waals surface area (Å²) in [5.41, 5.74) is 0. The van der Waals surface area contributed by atoms with Crippen LogP contribution in [0, 0.1) is 0 Å². The maximum absolute atomic E-state index is 15.7. The zero-order valence-electron chi connectivity index (χ0n) is 14.7. The van der Waals surface area contributed by atoms with E-state index in [0.717, 1.165) is 12.1 Å².